The molecular weight excluding hydrogens is 421 g/mol. The summed E-state index contributed by atoms with van der Waals surface area (Å²) in [5.41, 5.74) is 13.4. The van der Waals surface area contributed by atoms with Gasteiger partial charge >= 0.3 is 0 Å². The van der Waals surface area contributed by atoms with Crippen molar-refractivity contribution in [3.8, 4) is 0 Å². The maximum absolute atomic E-state index is 14.5. The lowest BCUT2D eigenvalue weighted by molar-refractivity contribution is 0.0651. The Morgan fingerprint density at radius 1 is 1.19 bits per heavy atom. The number of hydrogen-bond acceptors (Lipinski definition) is 5. The van der Waals surface area contributed by atoms with Gasteiger partial charge in [-0.2, -0.15) is 0 Å². The number of primary amides is 1. The van der Waals surface area contributed by atoms with Crippen molar-refractivity contribution < 1.29 is 14.0 Å². The molecule has 4 N–H and O–H groups in total. The lowest BCUT2D eigenvalue weighted by atomic mass is 10.0. The van der Waals surface area contributed by atoms with E-state index in [0.29, 0.717) is 35.1 Å². The van der Waals surface area contributed by atoms with Crippen LogP contribution >= 0.6 is 11.6 Å². The monoisotopic (exact) mass is 439 g/mol. The fourth-order valence-electron chi connectivity index (χ4n) is 4.00. The highest BCUT2D eigenvalue weighted by Crippen LogP contribution is 2.40. The molecule has 31 heavy (non-hydrogen) atoms. The first-order valence-corrected chi connectivity index (χ1v) is 9.97. The van der Waals surface area contributed by atoms with Crippen LogP contribution in [-0.4, -0.2) is 26.7 Å². The van der Waals surface area contributed by atoms with Crippen LogP contribution in [0, 0.1) is 5.82 Å². The number of carbonyl (C=O) groups is 2. The second-order valence-electron chi connectivity index (χ2n) is 7.25. The highest BCUT2D eigenvalue weighted by atomic mass is 35.5. The lowest BCUT2D eigenvalue weighted by Crippen LogP contribution is -2.35. The van der Waals surface area contributed by atoms with E-state index in [1.165, 1.54) is 23.4 Å². The highest BCUT2D eigenvalue weighted by molar-refractivity contribution is 6.30. The molecule has 7 nitrogen and oxygen atoms in total. The molecule has 1 heterocycles. The molecule has 9 heteroatoms. The predicted octanol–water partition coefficient (Wildman–Crippen LogP) is 3.28. The molecule has 0 saturated carbocycles. The van der Waals surface area contributed by atoms with Crippen molar-refractivity contribution in [2.45, 2.75) is 25.4 Å². The number of rotatable bonds is 5. The molecule has 1 aromatic heterocycles. The number of nitrogens with two attached hydrogens (primary N) is 2. The highest BCUT2D eigenvalue weighted by Gasteiger charge is 2.35. The number of aromatic nitrogens is 2. The Bertz CT molecular complexity index is 1190. The second-order valence-corrected chi connectivity index (χ2v) is 7.69. The van der Waals surface area contributed by atoms with Gasteiger partial charge in [0.2, 0.25) is 5.91 Å². The van der Waals surface area contributed by atoms with Gasteiger partial charge < -0.3 is 16.4 Å². The molecule has 0 fully saturated rings. The van der Waals surface area contributed by atoms with Crippen LogP contribution in [0.2, 0.25) is 5.02 Å². The Hall–Kier alpha value is -3.52. The van der Waals surface area contributed by atoms with Gasteiger partial charge in [0.25, 0.3) is 5.91 Å². The van der Waals surface area contributed by atoms with Crippen LogP contribution in [0.15, 0.2) is 48.8 Å². The largest absolute Gasteiger partial charge is 0.382 e. The Kier molecular flexibility index (Phi) is 5.56. The number of carbonyl (C=O) groups excluding carboxylic acids is 2. The van der Waals surface area contributed by atoms with E-state index in [-0.39, 0.29) is 23.1 Å². The van der Waals surface area contributed by atoms with E-state index in [9.17, 15) is 14.0 Å². The summed E-state index contributed by atoms with van der Waals surface area (Å²) in [4.78, 5) is 35.0. The minimum absolute atomic E-state index is 0.0174. The van der Waals surface area contributed by atoms with Crippen molar-refractivity contribution in [1.82, 2.24) is 14.9 Å². The molecule has 3 aromatic rings. The maximum Gasteiger partial charge on any atom is 0.277 e. The Balaban J connectivity index is 1.81. The number of fused-ring (bicyclic) bond motifs is 1. The number of hydrogen-bond donors (Lipinski definition) is 2. The van der Waals surface area contributed by atoms with Gasteiger partial charge in [-0.25, -0.2) is 14.4 Å². The van der Waals surface area contributed by atoms with Crippen LogP contribution in [0.1, 0.15) is 50.0 Å². The third kappa shape index (κ3) is 3.94. The van der Waals surface area contributed by atoms with Crippen molar-refractivity contribution in [1.29, 1.82) is 0 Å². The van der Waals surface area contributed by atoms with Gasteiger partial charge in [-0.05, 0) is 47.7 Å². The molecule has 0 aliphatic heterocycles. The van der Waals surface area contributed by atoms with Crippen LogP contribution in [-0.2, 0) is 13.0 Å². The van der Waals surface area contributed by atoms with E-state index in [4.69, 9.17) is 23.1 Å². The van der Waals surface area contributed by atoms with E-state index < -0.39 is 23.7 Å². The molecule has 2 amide bonds. The van der Waals surface area contributed by atoms with Crippen molar-refractivity contribution in [3.63, 3.8) is 0 Å². The average molecular weight is 440 g/mol. The topological polar surface area (TPSA) is 115 Å². The zero-order valence-corrected chi connectivity index (χ0v) is 17.1. The number of anilines is 1. The standard InChI is InChI=1S/C22H19ClFN5O2/c23-13-9-16-15(17(24)10-13)5-6-18(16)29(22(31)19-20(25)28-8-7-27-19)11-12-3-1-2-4-14(12)21(26)30/h1-4,7-10,18H,5-6,11H2,(H2,25,28)(H2,26,30)/t18-/m1/s1. The summed E-state index contributed by atoms with van der Waals surface area (Å²) in [5, 5.41) is 0.243. The first-order chi connectivity index (χ1) is 14.9. The van der Waals surface area contributed by atoms with Gasteiger partial charge in [-0.3, -0.25) is 9.59 Å². The predicted molar refractivity (Wildman–Crippen MR) is 114 cm³/mol. The fourth-order valence-corrected chi connectivity index (χ4v) is 4.21. The summed E-state index contributed by atoms with van der Waals surface area (Å²) >= 11 is 6.10. The van der Waals surface area contributed by atoms with Gasteiger partial charge in [-0.1, -0.05) is 29.8 Å². The second kappa shape index (κ2) is 8.31. The van der Waals surface area contributed by atoms with Crippen LogP contribution in [0.25, 0.3) is 0 Å². The number of benzene rings is 2. The zero-order valence-electron chi connectivity index (χ0n) is 16.4. The molecule has 1 aliphatic carbocycles. The minimum Gasteiger partial charge on any atom is -0.382 e. The van der Waals surface area contributed by atoms with E-state index in [1.54, 1.807) is 30.3 Å². The summed E-state index contributed by atoms with van der Waals surface area (Å²) in [6, 6.07) is 9.19. The zero-order chi connectivity index (χ0) is 22.1. The van der Waals surface area contributed by atoms with Crippen molar-refractivity contribution in [3.05, 3.63) is 87.6 Å². The summed E-state index contributed by atoms with van der Waals surface area (Å²) in [7, 11) is 0. The van der Waals surface area contributed by atoms with Gasteiger partial charge in [0.15, 0.2) is 11.5 Å². The molecule has 0 spiro atoms. The van der Waals surface area contributed by atoms with Gasteiger partial charge in [0.1, 0.15) is 5.82 Å². The Labute approximate surface area is 182 Å². The van der Waals surface area contributed by atoms with Gasteiger partial charge in [0.05, 0.1) is 6.04 Å². The van der Waals surface area contributed by atoms with Gasteiger partial charge in [0, 0.05) is 29.5 Å². The molecule has 1 atom stereocenters. The summed E-state index contributed by atoms with van der Waals surface area (Å²) in [5.74, 6) is -1.52. The normalized spacial score (nSPS) is 14.8. The fraction of sp³-hybridized carbons (Fsp3) is 0.182. The molecule has 0 bridgehead atoms. The van der Waals surface area contributed by atoms with E-state index in [2.05, 4.69) is 9.97 Å². The van der Waals surface area contributed by atoms with Crippen molar-refractivity contribution in [2.75, 3.05) is 5.73 Å². The molecular formula is C22H19ClFN5O2. The summed E-state index contributed by atoms with van der Waals surface area (Å²) in [6.45, 7) is 0.0478. The minimum atomic E-state index is -0.608. The third-order valence-electron chi connectivity index (χ3n) is 5.41. The first kappa shape index (κ1) is 20.7. The van der Waals surface area contributed by atoms with E-state index >= 15 is 0 Å². The average Bonchev–Trinajstić information content (AvgIpc) is 3.16. The van der Waals surface area contributed by atoms with E-state index in [1.807, 2.05) is 0 Å². The molecule has 1 aliphatic rings. The van der Waals surface area contributed by atoms with Crippen molar-refractivity contribution in [2.24, 2.45) is 5.73 Å². The van der Waals surface area contributed by atoms with Crippen LogP contribution < -0.4 is 11.5 Å². The SMILES string of the molecule is NC(=O)c1ccccc1CN(C(=O)c1nccnc1N)[C@@H]1CCc2c(F)cc(Cl)cc21. The molecule has 4 rings (SSSR count). The summed E-state index contributed by atoms with van der Waals surface area (Å²) < 4.78 is 14.5. The van der Waals surface area contributed by atoms with E-state index in [0.717, 1.165) is 0 Å². The molecule has 158 valence electrons. The lowest BCUT2D eigenvalue weighted by Gasteiger charge is -2.30. The summed E-state index contributed by atoms with van der Waals surface area (Å²) in [6.07, 6.45) is 3.69. The molecule has 0 radical (unpaired) electrons. The smallest absolute Gasteiger partial charge is 0.277 e. The first-order valence-electron chi connectivity index (χ1n) is 9.59. The third-order valence-corrected chi connectivity index (χ3v) is 5.63. The molecule has 2 aromatic carbocycles. The molecule has 0 unspecified atom stereocenters. The van der Waals surface area contributed by atoms with Crippen LogP contribution in [0.5, 0.6) is 0 Å². The van der Waals surface area contributed by atoms with Crippen LogP contribution in [0.3, 0.4) is 0 Å². The number of halogens is 2. The quantitative estimate of drug-likeness (QED) is 0.633. The Morgan fingerprint density at radius 2 is 1.94 bits per heavy atom. The van der Waals surface area contributed by atoms with Gasteiger partial charge in [-0.15, -0.1) is 0 Å². The number of nitrogens with zero attached hydrogens (tertiary/aromatic N) is 3. The maximum atomic E-state index is 14.5. The number of amides is 2. The van der Waals surface area contributed by atoms with Crippen LogP contribution in [0.4, 0.5) is 10.2 Å². The number of nitrogen functional groups attached to an aromatic ring is 1. The van der Waals surface area contributed by atoms with Crippen molar-refractivity contribution >= 4 is 29.2 Å². The molecule has 0 saturated heterocycles. The Morgan fingerprint density at radius 3 is 2.68 bits per heavy atom.